The Bertz CT molecular complexity index is 900. The van der Waals surface area contributed by atoms with E-state index in [0.29, 0.717) is 5.69 Å². The van der Waals surface area contributed by atoms with Gasteiger partial charge in [-0.25, -0.2) is 19.0 Å². The molecule has 0 aliphatic heterocycles. The lowest BCUT2D eigenvalue weighted by Crippen LogP contribution is -2.42. The zero-order chi connectivity index (χ0) is 13.4. The van der Waals surface area contributed by atoms with E-state index >= 15 is 0 Å². The normalized spacial score (nSPS) is 10.7. The standard InChI is InChI=1S/C13H9N3O3/c17-11-14-12(18)16(13(19)15-11)10-6-5-8-3-1-2-4-9(8)7-10/h1-7H,(H2,14,15,17,18,19). The van der Waals surface area contributed by atoms with Crippen molar-refractivity contribution in [3.63, 3.8) is 0 Å². The maximum atomic E-state index is 11.7. The van der Waals surface area contributed by atoms with Crippen LogP contribution in [0.3, 0.4) is 0 Å². The van der Waals surface area contributed by atoms with Crippen LogP contribution < -0.4 is 17.1 Å². The highest BCUT2D eigenvalue weighted by Gasteiger charge is 2.06. The van der Waals surface area contributed by atoms with Crippen molar-refractivity contribution in [2.24, 2.45) is 0 Å². The topological polar surface area (TPSA) is 87.7 Å². The van der Waals surface area contributed by atoms with Gasteiger partial charge in [0.15, 0.2) is 0 Å². The molecule has 0 saturated heterocycles. The lowest BCUT2D eigenvalue weighted by Gasteiger charge is -2.04. The van der Waals surface area contributed by atoms with Gasteiger partial charge >= 0.3 is 17.1 Å². The molecule has 0 amide bonds. The minimum atomic E-state index is -0.813. The van der Waals surface area contributed by atoms with Crippen LogP contribution in [0.2, 0.25) is 0 Å². The summed E-state index contributed by atoms with van der Waals surface area (Å²) in [7, 11) is 0. The Hall–Kier alpha value is -2.89. The SMILES string of the molecule is O=c1[nH]c(=O)n(-c2ccc3ccccc3c2)c(=O)[nH]1. The lowest BCUT2D eigenvalue weighted by molar-refractivity contribution is 0.785. The van der Waals surface area contributed by atoms with E-state index in [2.05, 4.69) is 0 Å². The van der Waals surface area contributed by atoms with Gasteiger partial charge in [0.25, 0.3) is 0 Å². The maximum absolute atomic E-state index is 11.7. The Morgan fingerprint density at radius 1 is 0.789 bits per heavy atom. The van der Waals surface area contributed by atoms with Crippen LogP contribution in [0.5, 0.6) is 0 Å². The Balaban J connectivity index is 2.34. The van der Waals surface area contributed by atoms with E-state index < -0.39 is 17.1 Å². The highest BCUT2D eigenvalue weighted by atomic mass is 16.2. The minimum Gasteiger partial charge on any atom is -0.258 e. The fourth-order valence-electron chi connectivity index (χ4n) is 1.98. The highest BCUT2D eigenvalue weighted by molar-refractivity contribution is 5.84. The van der Waals surface area contributed by atoms with Gasteiger partial charge in [0.05, 0.1) is 5.69 Å². The summed E-state index contributed by atoms with van der Waals surface area (Å²) in [5, 5.41) is 1.90. The average molecular weight is 255 g/mol. The van der Waals surface area contributed by atoms with E-state index in [1.807, 2.05) is 40.3 Å². The Morgan fingerprint density at radius 3 is 2.11 bits per heavy atom. The molecule has 0 unspecified atom stereocenters. The van der Waals surface area contributed by atoms with Gasteiger partial charge in [-0.2, -0.15) is 0 Å². The molecule has 6 heteroatoms. The van der Waals surface area contributed by atoms with E-state index in [9.17, 15) is 14.4 Å². The monoisotopic (exact) mass is 255 g/mol. The van der Waals surface area contributed by atoms with Crippen LogP contribution >= 0.6 is 0 Å². The molecule has 0 radical (unpaired) electrons. The largest absolute Gasteiger partial charge is 0.338 e. The summed E-state index contributed by atoms with van der Waals surface area (Å²) in [5.74, 6) is 0. The zero-order valence-corrected chi connectivity index (χ0v) is 9.71. The third kappa shape index (κ3) is 1.89. The van der Waals surface area contributed by atoms with Crippen LogP contribution in [0, 0.1) is 0 Å². The van der Waals surface area contributed by atoms with Gasteiger partial charge < -0.3 is 0 Å². The van der Waals surface area contributed by atoms with E-state index in [1.165, 1.54) is 0 Å². The number of H-pyrrole nitrogens is 2. The molecule has 19 heavy (non-hydrogen) atoms. The van der Waals surface area contributed by atoms with Crippen LogP contribution in [-0.4, -0.2) is 14.5 Å². The van der Waals surface area contributed by atoms with E-state index in [1.54, 1.807) is 12.1 Å². The number of benzene rings is 2. The third-order valence-electron chi connectivity index (χ3n) is 2.84. The van der Waals surface area contributed by atoms with Gasteiger partial charge in [-0.15, -0.1) is 0 Å². The number of nitrogens with one attached hydrogen (secondary N) is 2. The van der Waals surface area contributed by atoms with Crippen LogP contribution in [0.15, 0.2) is 56.8 Å². The summed E-state index contributed by atoms with van der Waals surface area (Å²) in [6.07, 6.45) is 0. The summed E-state index contributed by atoms with van der Waals surface area (Å²) < 4.78 is 0.883. The molecule has 0 atom stereocenters. The van der Waals surface area contributed by atoms with Crippen molar-refractivity contribution in [3.05, 3.63) is 73.9 Å². The predicted octanol–water partition coefficient (Wildman–Crippen LogP) is 0.367. The lowest BCUT2D eigenvalue weighted by atomic mass is 10.1. The molecular formula is C13H9N3O3. The number of nitrogens with zero attached hydrogens (tertiary/aromatic N) is 1. The first kappa shape index (κ1) is 11.2. The van der Waals surface area contributed by atoms with Crippen molar-refractivity contribution >= 4 is 10.8 Å². The molecule has 3 aromatic rings. The van der Waals surface area contributed by atoms with Crippen molar-refractivity contribution < 1.29 is 0 Å². The summed E-state index contributed by atoms with van der Waals surface area (Å²) in [6.45, 7) is 0. The number of rotatable bonds is 1. The van der Waals surface area contributed by atoms with E-state index in [0.717, 1.165) is 15.3 Å². The van der Waals surface area contributed by atoms with Crippen molar-refractivity contribution in [2.45, 2.75) is 0 Å². The molecular weight excluding hydrogens is 246 g/mol. The van der Waals surface area contributed by atoms with E-state index in [4.69, 9.17) is 0 Å². The predicted molar refractivity (Wildman–Crippen MR) is 70.8 cm³/mol. The minimum absolute atomic E-state index is 0.404. The molecule has 2 N–H and O–H groups in total. The first-order valence-corrected chi connectivity index (χ1v) is 5.60. The smallest absolute Gasteiger partial charge is 0.258 e. The molecule has 3 rings (SSSR count). The van der Waals surface area contributed by atoms with E-state index in [-0.39, 0.29) is 0 Å². The van der Waals surface area contributed by atoms with Crippen LogP contribution in [-0.2, 0) is 0 Å². The van der Waals surface area contributed by atoms with Crippen molar-refractivity contribution in [1.82, 2.24) is 14.5 Å². The van der Waals surface area contributed by atoms with Crippen LogP contribution in [0.1, 0.15) is 0 Å². The molecule has 1 heterocycles. The first-order chi connectivity index (χ1) is 9.15. The zero-order valence-electron chi connectivity index (χ0n) is 9.71. The summed E-state index contributed by atoms with van der Waals surface area (Å²) >= 11 is 0. The number of aromatic amines is 2. The van der Waals surface area contributed by atoms with Gasteiger partial charge in [0.1, 0.15) is 0 Å². The molecule has 1 aromatic heterocycles. The molecule has 6 nitrogen and oxygen atoms in total. The van der Waals surface area contributed by atoms with Crippen molar-refractivity contribution in [3.8, 4) is 5.69 Å². The molecule has 94 valence electrons. The Morgan fingerprint density at radius 2 is 1.42 bits per heavy atom. The second-order valence-electron chi connectivity index (χ2n) is 4.06. The Labute approximate surface area is 106 Å². The fourth-order valence-corrected chi connectivity index (χ4v) is 1.98. The molecule has 0 aliphatic rings. The summed E-state index contributed by atoms with van der Waals surface area (Å²) in [4.78, 5) is 38.4. The molecule has 0 fully saturated rings. The number of hydrogen-bond donors (Lipinski definition) is 2. The Kier molecular flexibility index (Phi) is 2.42. The van der Waals surface area contributed by atoms with Gasteiger partial charge in [-0.1, -0.05) is 30.3 Å². The molecule has 2 aromatic carbocycles. The second kappa shape index (κ2) is 4.09. The first-order valence-electron chi connectivity index (χ1n) is 5.60. The average Bonchev–Trinajstić information content (AvgIpc) is 2.37. The third-order valence-corrected chi connectivity index (χ3v) is 2.84. The maximum Gasteiger partial charge on any atom is 0.338 e. The van der Waals surface area contributed by atoms with Crippen LogP contribution in [0.4, 0.5) is 0 Å². The molecule has 0 spiro atoms. The number of aromatic nitrogens is 3. The second-order valence-corrected chi connectivity index (χ2v) is 4.06. The number of hydrogen-bond acceptors (Lipinski definition) is 3. The van der Waals surface area contributed by atoms with Gasteiger partial charge in [0, 0.05) is 0 Å². The molecule has 0 bridgehead atoms. The summed E-state index contributed by atoms with van der Waals surface area (Å²) in [5.41, 5.74) is -1.93. The fraction of sp³-hybridized carbons (Fsp3) is 0. The number of fused-ring (bicyclic) bond motifs is 1. The van der Waals surface area contributed by atoms with Crippen molar-refractivity contribution in [2.75, 3.05) is 0 Å². The van der Waals surface area contributed by atoms with Crippen LogP contribution in [0.25, 0.3) is 16.5 Å². The van der Waals surface area contributed by atoms with Gasteiger partial charge in [-0.05, 0) is 22.9 Å². The van der Waals surface area contributed by atoms with Gasteiger partial charge in [0.2, 0.25) is 0 Å². The summed E-state index contributed by atoms with van der Waals surface area (Å²) in [6, 6.07) is 12.7. The molecule has 0 saturated carbocycles. The quantitative estimate of drug-likeness (QED) is 0.658. The highest BCUT2D eigenvalue weighted by Crippen LogP contribution is 2.16. The van der Waals surface area contributed by atoms with Crippen molar-refractivity contribution in [1.29, 1.82) is 0 Å². The molecule has 0 aliphatic carbocycles. The van der Waals surface area contributed by atoms with Gasteiger partial charge in [-0.3, -0.25) is 9.97 Å².